The molecule has 5 rings (SSSR count). The third kappa shape index (κ3) is 3.95. The molecule has 0 aliphatic carbocycles. The van der Waals surface area contributed by atoms with Gasteiger partial charge < -0.3 is 14.9 Å². The van der Waals surface area contributed by atoms with Crippen LogP contribution in [0.2, 0.25) is 5.02 Å². The monoisotopic (exact) mass is 475 g/mol. The number of halogens is 3. The maximum absolute atomic E-state index is 13.8. The van der Waals surface area contributed by atoms with E-state index in [1.807, 2.05) is 0 Å². The van der Waals surface area contributed by atoms with Crippen molar-refractivity contribution in [1.29, 1.82) is 0 Å². The van der Waals surface area contributed by atoms with E-state index >= 15 is 0 Å². The SMILES string of the molecule is C[C@H]1O[C@@H](n2nc(-c3ccc(F)c(Cl)c3)c3c2N=CN(Nc2ccc(F)cc2)C3)[C@H](O)[C@@H]1O. The summed E-state index contributed by atoms with van der Waals surface area (Å²) in [5.74, 6) is -0.482. The number of anilines is 1. The van der Waals surface area contributed by atoms with Crippen molar-refractivity contribution in [3.05, 3.63) is 64.7 Å². The Labute approximate surface area is 192 Å². The summed E-state index contributed by atoms with van der Waals surface area (Å²) >= 11 is 6.00. The van der Waals surface area contributed by atoms with E-state index in [1.54, 1.807) is 30.1 Å². The first-order valence-corrected chi connectivity index (χ1v) is 10.6. The molecular formula is C22H20ClF2N5O3. The Morgan fingerprint density at radius 2 is 1.88 bits per heavy atom. The molecule has 172 valence electrons. The zero-order valence-electron chi connectivity index (χ0n) is 17.4. The van der Waals surface area contributed by atoms with Crippen LogP contribution in [0.5, 0.6) is 0 Å². The fourth-order valence-corrected chi connectivity index (χ4v) is 4.10. The van der Waals surface area contributed by atoms with E-state index < -0.39 is 30.4 Å². The van der Waals surface area contributed by atoms with Crippen molar-refractivity contribution < 1.29 is 23.7 Å². The van der Waals surface area contributed by atoms with Gasteiger partial charge >= 0.3 is 0 Å². The number of benzene rings is 2. The van der Waals surface area contributed by atoms with Crippen LogP contribution in [0, 0.1) is 11.6 Å². The van der Waals surface area contributed by atoms with Crippen molar-refractivity contribution >= 4 is 29.4 Å². The normalized spacial score (nSPS) is 24.2. The highest BCUT2D eigenvalue weighted by Gasteiger charge is 2.43. The fraction of sp³-hybridized carbons (Fsp3) is 0.273. The molecule has 2 aliphatic rings. The van der Waals surface area contributed by atoms with Crippen LogP contribution in [0.15, 0.2) is 47.5 Å². The molecule has 1 saturated heterocycles. The molecule has 4 atom stereocenters. The minimum Gasteiger partial charge on any atom is -0.388 e. The summed E-state index contributed by atoms with van der Waals surface area (Å²) in [7, 11) is 0. The molecule has 33 heavy (non-hydrogen) atoms. The van der Waals surface area contributed by atoms with E-state index in [1.165, 1.54) is 35.3 Å². The number of fused-ring (bicyclic) bond motifs is 1. The lowest BCUT2D eigenvalue weighted by atomic mass is 10.1. The molecule has 1 fully saturated rings. The summed E-state index contributed by atoms with van der Waals surface area (Å²) in [5, 5.41) is 26.9. The summed E-state index contributed by atoms with van der Waals surface area (Å²) in [5.41, 5.74) is 5.46. The van der Waals surface area contributed by atoms with Crippen LogP contribution < -0.4 is 5.43 Å². The van der Waals surface area contributed by atoms with Crippen molar-refractivity contribution in [3.63, 3.8) is 0 Å². The third-order valence-corrected chi connectivity index (χ3v) is 5.95. The minimum absolute atomic E-state index is 0.0578. The van der Waals surface area contributed by atoms with Crippen molar-refractivity contribution in [2.24, 2.45) is 4.99 Å². The van der Waals surface area contributed by atoms with Crippen molar-refractivity contribution in [2.75, 3.05) is 5.43 Å². The molecule has 0 bridgehead atoms. The highest BCUT2D eigenvalue weighted by molar-refractivity contribution is 6.31. The van der Waals surface area contributed by atoms with Gasteiger partial charge in [0.25, 0.3) is 0 Å². The van der Waals surface area contributed by atoms with Crippen LogP contribution in [0.25, 0.3) is 11.3 Å². The lowest BCUT2D eigenvalue weighted by molar-refractivity contribution is -0.0384. The van der Waals surface area contributed by atoms with Gasteiger partial charge in [0.2, 0.25) is 0 Å². The van der Waals surface area contributed by atoms with E-state index in [2.05, 4.69) is 15.5 Å². The summed E-state index contributed by atoms with van der Waals surface area (Å²) in [6, 6.07) is 10.1. The number of nitrogens with one attached hydrogen (secondary N) is 1. The van der Waals surface area contributed by atoms with Gasteiger partial charge in [0.1, 0.15) is 30.2 Å². The molecule has 3 aromatic rings. The lowest BCUT2D eigenvalue weighted by Gasteiger charge is -2.25. The van der Waals surface area contributed by atoms with Crippen molar-refractivity contribution in [3.8, 4) is 11.3 Å². The molecule has 2 aromatic carbocycles. The van der Waals surface area contributed by atoms with E-state index in [0.29, 0.717) is 34.9 Å². The number of rotatable bonds is 4. The Morgan fingerprint density at radius 1 is 1.12 bits per heavy atom. The number of hydrogen-bond acceptors (Lipinski definition) is 7. The number of aliphatic imine (C=N–C) groups is 1. The topological polar surface area (TPSA) is 95.1 Å². The Kier molecular flexibility index (Phi) is 5.53. The zero-order chi connectivity index (χ0) is 23.3. The molecule has 8 nitrogen and oxygen atoms in total. The summed E-state index contributed by atoms with van der Waals surface area (Å²) in [4.78, 5) is 4.49. The maximum atomic E-state index is 13.8. The van der Waals surface area contributed by atoms with Crippen LogP contribution in [0.1, 0.15) is 18.7 Å². The minimum atomic E-state index is -1.21. The third-order valence-electron chi connectivity index (χ3n) is 5.66. The molecule has 0 radical (unpaired) electrons. The molecule has 11 heteroatoms. The summed E-state index contributed by atoms with van der Waals surface area (Å²) in [6.07, 6.45) is -2.31. The van der Waals surface area contributed by atoms with Gasteiger partial charge in [-0.25, -0.2) is 18.5 Å². The first-order valence-electron chi connectivity index (χ1n) is 10.2. The second-order valence-electron chi connectivity index (χ2n) is 7.93. The molecule has 0 spiro atoms. The first kappa shape index (κ1) is 21.8. The predicted molar refractivity (Wildman–Crippen MR) is 118 cm³/mol. The molecule has 0 saturated carbocycles. The Morgan fingerprint density at radius 3 is 2.55 bits per heavy atom. The van der Waals surface area contributed by atoms with E-state index in [0.717, 1.165) is 0 Å². The van der Waals surface area contributed by atoms with Crippen LogP contribution >= 0.6 is 11.6 Å². The number of aromatic nitrogens is 2. The molecule has 0 amide bonds. The fourth-order valence-electron chi connectivity index (χ4n) is 3.92. The number of ether oxygens (including phenoxy) is 1. The van der Waals surface area contributed by atoms with Crippen LogP contribution in [-0.4, -0.2) is 49.7 Å². The van der Waals surface area contributed by atoms with Crippen molar-refractivity contribution in [1.82, 2.24) is 14.8 Å². The number of aliphatic hydroxyl groups is 2. The van der Waals surface area contributed by atoms with Gasteiger partial charge in [-0.05, 0) is 49.4 Å². The second-order valence-corrected chi connectivity index (χ2v) is 8.34. The second kappa shape index (κ2) is 8.38. The number of hydrazine groups is 1. The largest absolute Gasteiger partial charge is 0.388 e. The lowest BCUT2D eigenvalue weighted by Crippen LogP contribution is -2.32. The standard InChI is InChI=1S/C22H20ClF2N5O3/c1-11-19(31)20(32)22(33-11)30-21-15(18(28-30)12-2-7-17(25)16(23)8-12)9-29(10-26-21)27-14-5-3-13(24)4-6-14/h2-8,10-11,19-20,22,27,31-32H,9H2,1H3/t11-,19-,20-,22-/m1/s1. The van der Waals surface area contributed by atoms with Crippen LogP contribution in [0.3, 0.4) is 0 Å². The number of nitrogens with zero attached hydrogens (tertiary/aromatic N) is 4. The van der Waals surface area contributed by atoms with Crippen molar-refractivity contribution in [2.45, 2.75) is 38.0 Å². The van der Waals surface area contributed by atoms with Gasteiger partial charge in [0.15, 0.2) is 12.0 Å². The average Bonchev–Trinajstić information content (AvgIpc) is 3.29. The maximum Gasteiger partial charge on any atom is 0.181 e. The molecule has 3 N–H and O–H groups in total. The highest BCUT2D eigenvalue weighted by atomic mass is 35.5. The zero-order valence-corrected chi connectivity index (χ0v) is 18.1. The summed E-state index contributed by atoms with van der Waals surface area (Å²) < 4.78 is 34.2. The molecule has 2 aliphatic heterocycles. The van der Waals surface area contributed by atoms with Crippen LogP contribution in [0.4, 0.5) is 20.3 Å². The predicted octanol–water partition coefficient (Wildman–Crippen LogP) is 3.62. The van der Waals surface area contributed by atoms with Crippen LogP contribution in [-0.2, 0) is 11.3 Å². The Balaban J connectivity index is 1.55. The van der Waals surface area contributed by atoms with Gasteiger partial charge in [0, 0.05) is 11.1 Å². The van der Waals surface area contributed by atoms with Gasteiger partial charge in [-0.15, -0.1) is 0 Å². The number of hydrogen-bond donors (Lipinski definition) is 3. The molecular weight excluding hydrogens is 456 g/mol. The van der Waals surface area contributed by atoms with Gasteiger partial charge in [-0.1, -0.05) is 11.6 Å². The highest BCUT2D eigenvalue weighted by Crippen LogP contribution is 2.40. The smallest absolute Gasteiger partial charge is 0.181 e. The average molecular weight is 476 g/mol. The van der Waals surface area contributed by atoms with E-state index in [9.17, 15) is 19.0 Å². The first-order chi connectivity index (χ1) is 15.8. The van der Waals surface area contributed by atoms with Gasteiger partial charge in [0.05, 0.1) is 29.1 Å². The number of aliphatic hydroxyl groups excluding tert-OH is 2. The Hall–Kier alpha value is -3.05. The quantitative estimate of drug-likeness (QED) is 0.533. The molecule has 1 aromatic heterocycles. The molecule has 3 heterocycles. The molecule has 0 unspecified atom stereocenters. The van der Waals surface area contributed by atoms with E-state index in [-0.39, 0.29) is 10.8 Å². The van der Waals surface area contributed by atoms with Gasteiger partial charge in [-0.2, -0.15) is 5.10 Å². The Bertz CT molecular complexity index is 1220. The van der Waals surface area contributed by atoms with E-state index in [4.69, 9.17) is 16.3 Å². The summed E-state index contributed by atoms with van der Waals surface area (Å²) in [6.45, 7) is 1.95. The van der Waals surface area contributed by atoms with Gasteiger partial charge in [-0.3, -0.25) is 10.4 Å².